The first kappa shape index (κ1) is 56.6. The summed E-state index contributed by atoms with van der Waals surface area (Å²) >= 11 is 3.25. The van der Waals surface area contributed by atoms with Gasteiger partial charge >= 0.3 is 0 Å². The fourth-order valence-electron chi connectivity index (χ4n) is 11.8. The lowest BCUT2D eigenvalue weighted by Gasteiger charge is -2.29. The number of amides is 2. The van der Waals surface area contributed by atoms with Crippen LogP contribution in [0.3, 0.4) is 0 Å². The van der Waals surface area contributed by atoms with Gasteiger partial charge in [0.15, 0.2) is 0 Å². The van der Waals surface area contributed by atoms with E-state index in [0.717, 1.165) is 75.4 Å². The van der Waals surface area contributed by atoms with E-state index in [2.05, 4.69) is 89.4 Å². The Bertz CT molecular complexity index is 2590. The maximum absolute atomic E-state index is 15.7. The molecule has 9 heteroatoms. The van der Waals surface area contributed by atoms with Crippen molar-refractivity contribution >= 4 is 67.7 Å². The second kappa shape index (κ2) is 29.3. The molecule has 0 fully saturated rings. The second-order valence-corrected chi connectivity index (χ2v) is 24.4. The monoisotopic (exact) mass is 1030 g/mol. The Hall–Kier alpha value is -4.08. The van der Waals surface area contributed by atoms with Gasteiger partial charge in [0.1, 0.15) is 10.0 Å². The molecule has 0 spiro atoms. The number of carbonyl (C=O) groups excluding carboxylic acids is 2. The molecular formula is C64H93N5O2S2. The zero-order chi connectivity index (χ0) is 51.5. The number of fused-ring (bicyclic) bond motifs is 4. The Morgan fingerprint density at radius 2 is 0.904 bits per heavy atom. The van der Waals surface area contributed by atoms with Crippen molar-refractivity contribution in [1.29, 1.82) is 0 Å². The van der Waals surface area contributed by atoms with E-state index in [9.17, 15) is 0 Å². The van der Waals surface area contributed by atoms with Gasteiger partial charge in [-0.2, -0.15) is 0 Å². The van der Waals surface area contributed by atoms with Gasteiger partial charge in [0.25, 0.3) is 11.8 Å². The predicted molar refractivity (Wildman–Crippen MR) is 314 cm³/mol. The molecule has 2 aliphatic heterocycles. The summed E-state index contributed by atoms with van der Waals surface area (Å²) in [7, 11) is 0. The van der Waals surface area contributed by atoms with Crippen LogP contribution < -0.4 is 0 Å². The standard InChI is InChI=1S/C64H93N5O2S2/c1-8-13-18-23-25-29-34-49(32-27-20-15-10-3)45-68-59(61-65-43-48(7)72-61)57-58(64(68)71)60(69(63(57)70)46-50(33-28-21-16-11-4)35-30-26-24-19-14-9-2)62-66-44-56(73-62)51-37-39-53-52-38-36-47(6)41-54(52)67(55(53)42-51)40-31-22-17-12-5/h36-39,41-44,49-50H,8-35,40,45-46H2,1-7H3. The molecule has 0 bridgehead atoms. The molecule has 3 aromatic heterocycles. The minimum absolute atomic E-state index is 0.0401. The van der Waals surface area contributed by atoms with Crippen molar-refractivity contribution in [2.45, 2.75) is 235 Å². The van der Waals surface area contributed by atoms with Crippen LogP contribution in [0.25, 0.3) is 43.6 Å². The van der Waals surface area contributed by atoms with E-state index in [1.807, 2.05) is 22.2 Å². The first-order chi connectivity index (χ1) is 35.7. The number of aromatic nitrogens is 3. The Balaban J connectivity index is 1.30. The predicted octanol–water partition coefficient (Wildman–Crippen LogP) is 19.1. The van der Waals surface area contributed by atoms with E-state index in [1.54, 1.807) is 22.7 Å². The van der Waals surface area contributed by atoms with Crippen molar-refractivity contribution in [3.63, 3.8) is 0 Å². The summed E-state index contributed by atoms with van der Waals surface area (Å²) in [5.74, 6) is 0.617. The van der Waals surface area contributed by atoms with Crippen LogP contribution in [-0.2, 0) is 16.1 Å². The van der Waals surface area contributed by atoms with E-state index in [1.165, 1.54) is 175 Å². The minimum atomic E-state index is -0.0401. The van der Waals surface area contributed by atoms with Gasteiger partial charge in [-0.15, -0.1) is 22.7 Å². The van der Waals surface area contributed by atoms with Crippen molar-refractivity contribution in [2.24, 2.45) is 11.8 Å². The maximum atomic E-state index is 15.7. The van der Waals surface area contributed by atoms with Gasteiger partial charge in [0, 0.05) is 58.7 Å². The first-order valence-electron chi connectivity index (χ1n) is 29.8. The number of nitrogens with zero attached hydrogens (tertiary/aromatic N) is 5. The average Bonchev–Trinajstić information content (AvgIpc) is 4.22. The van der Waals surface area contributed by atoms with Gasteiger partial charge < -0.3 is 14.4 Å². The van der Waals surface area contributed by atoms with Crippen molar-refractivity contribution in [3.8, 4) is 10.4 Å². The van der Waals surface area contributed by atoms with Crippen LogP contribution in [0, 0.1) is 25.7 Å². The summed E-state index contributed by atoms with van der Waals surface area (Å²) in [5, 5.41) is 4.13. The van der Waals surface area contributed by atoms with E-state index >= 15 is 9.59 Å². The highest BCUT2D eigenvalue weighted by Gasteiger charge is 2.51. The molecule has 0 N–H and O–H groups in total. The number of benzene rings is 2. The van der Waals surface area contributed by atoms with Crippen LogP contribution >= 0.6 is 22.7 Å². The normalized spacial score (nSPS) is 14.9. The molecule has 7 rings (SSSR count). The molecular weight excluding hydrogens is 935 g/mol. The second-order valence-electron chi connectivity index (χ2n) is 22.1. The number of unbranched alkanes of at least 4 members (excludes halogenated alkanes) is 19. The number of aryl methyl sites for hydroxylation is 3. The molecule has 73 heavy (non-hydrogen) atoms. The molecule has 0 aliphatic carbocycles. The van der Waals surface area contributed by atoms with Crippen LogP contribution in [0.15, 0.2) is 59.9 Å². The Morgan fingerprint density at radius 1 is 0.479 bits per heavy atom. The van der Waals surface area contributed by atoms with Crippen molar-refractivity contribution in [1.82, 2.24) is 24.3 Å². The van der Waals surface area contributed by atoms with Crippen molar-refractivity contribution in [3.05, 3.63) is 80.4 Å². The molecule has 2 aromatic carbocycles. The van der Waals surface area contributed by atoms with Crippen molar-refractivity contribution in [2.75, 3.05) is 13.1 Å². The zero-order valence-electron chi connectivity index (χ0n) is 46.6. The SMILES string of the molecule is CCCCCCCCC(CCCCCC)CN1C(=O)C2=C(c3ncc(-c4ccc5c6ccc(C)cc6n(CCCCCC)c5c4)s3)N(CC(CCCCCC)CCCCCCCC)C(=O)C2=C1c1ncc(C)s1. The van der Waals surface area contributed by atoms with Crippen LogP contribution in [0.4, 0.5) is 0 Å². The lowest BCUT2D eigenvalue weighted by molar-refractivity contribution is -0.124. The Kier molecular flexibility index (Phi) is 22.7. The number of hydrogen-bond donors (Lipinski definition) is 0. The molecule has 5 heterocycles. The summed E-state index contributed by atoms with van der Waals surface area (Å²) < 4.78 is 2.54. The van der Waals surface area contributed by atoms with Gasteiger partial charge in [-0.1, -0.05) is 207 Å². The van der Waals surface area contributed by atoms with Gasteiger partial charge in [-0.05, 0) is 81.0 Å². The fourth-order valence-corrected chi connectivity index (χ4v) is 13.6. The van der Waals surface area contributed by atoms with Crippen LogP contribution in [0.1, 0.15) is 235 Å². The lowest BCUT2D eigenvalue weighted by Crippen LogP contribution is -2.35. The molecule has 0 saturated heterocycles. The number of rotatable bonds is 36. The van der Waals surface area contributed by atoms with Crippen LogP contribution in [0.2, 0.25) is 0 Å². The van der Waals surface area contributed by atoms with Crippen LogP contribution in [-0.4, -0.2) is 49.2 Å². The number of hydrogen-bond acceptors (Lipinski definition) is 6. The molecule has 2 aliphatic rings. The van der Waals surface area contributed by atoms with E-state index in [-0.39, 0.29) is 11.8 Å². The highest BCUT2D eigenvalue weighted by atomic mass is 32.1. The third-order valence-electron chi connectivity index (χ3n) is 16.0. The summed E-state index contributed by atoms with van der Waals surface area (Å²) in [6.45, 7) is 17.9. The molecule has 0 saturated carbocycles. The average molecular weight is 1030 g/mol. The maximum Gasteiger partial charge on any atom is 0.261 e. The summed E-state index contributed by atoms with van der Waals surface area (Å²) in [5.41, 5.74) is 7.54. The highest BCUT2D eigenvalue weighted by Crippen LogP contribution is 2.49. The Labute approximate surface area is 449 Å². The molecule has 5 aromatic rings. The van der Waals surface area contributed by atoms with Gasteiger partial charge in [-0.3, -0.25) is 9.59 Å². The van der Waals surface area contributed by atoms with Gasteiger partial charge in [0.05, 0.1) is 27.4 Å². The van der Waals surface area contributed by atoms with Gasteiger partial charge in [-0.25, -0.2) is 9.97 Å². The first-order valence-corrected chi connectivity index (χ1v) is 31.4. The molecule has 0 radical (unpaired) electrons. The topological polar surface area (TPSA) is 71.3 Å². The summed E-state index contributed by atoms with van der Waals surface area (Å²) in [6.07, 6.45) is 37.9. The summed E-state index contributed by atoms with van der Waals surface area (Å²) in [6, 6.07) is 13.8. The van der Waals surface area contributed by atoms with Crippen molar-refractivity contribution < 1.29 is 9.59 Å². The largest absolute Gasteiger partial charge is 0.340 e. The molecule has 2 unspecified atom stereocenters. The van der Waals surface area contributed by atoms with E-state index < -0.39 is 0 Å². The molecule has 2 amide bonds. The third kappa shape index (κ3) is 14.7. The van der Waals surface area contributed by atoms with Crippen LogP contribution in [0.5, 0.6) is 0 Å². The minimum Gasteiger partial charge on any atom is -0.340 e. The fraction of sp³-hybridized carbons (Fsp3) is 0.625. The quantitative estimate of drug-likeness (QED) is 0.0375. The number of carbonyl (C=O) groups is 2. The highest BCUT2D eigenvalue weighted by molar-refractivity contribution is 7.16. The smallest absolute Gasteiger partial charge is 0.261 e. The van der Waals surface area contributed by atoms with E-state index in [4.69, 9.17) is 9.97 Å². The Morgan fingerprint density at radius 3 is 1.40 bits per heavy atom. The lowest BCUT2D eigenvalue weighted by atomic mass is 9.93. The molecule has 2 atom stereocenters. The number of thiazole rings is 2. The van der Waals surface area contributed by atoms with Gasteiger partial charge in [0.2, 0.25) is 0 Å². The molecule has 398 valence electrons. The van der Waals surface area contributed by atoms with E-state index in [0.29, 0.717) is 36.1 Å². The zero-order valence-corrected chi connectivity index (χ0v) is 48.2. The summed E-state index contributed by atoms with van der Waals surface area (Å²) in [4.78, 5) is 47.9. The third-order valence-corrected chi connectivity index (χ3v) is 18.0. The molecule has 7 nitrogen and oxygen atoms in total.